The van der Waals surface area contributed by atoms with Crippen LogP contribution in [0.1, 0.15) is 59.3 Å². The van der Waals surface area contributed by atoms with Crippen LogP contribution in [0.5, 0.6) is 5.75 Å². The quantitative estimate of drug-likeness (QED) is 0.117. The van der Waals surface area contributed by atoms with Crippen LogP contribution in [0.3, 0.4) is 0 Å². The second kappa shape index (κ2) is 15.7. The number of halogens is 1. The fourth-order valence-corrected chi connectivity index (χ4v) is 7.15. The second-order valence-corrected chi connectivity index (χ2v) is 13.3. The van der Waals surface area contributed by atoms with E-state index in [1.165, 1.54) is 0 Å². The van der Waals surface area contributed by atoms with Gasteiger partial charge in [0.15, 0.2) is 5.79 Å². The average molecular weight is 675 g/mol. The summed E-state index contributed by atoms with van der Waals surface area (Å²) >= 11 is 6.85. The van der Waals surface area contributed by atoms with E-state index >= 15 is 0 Å². The van der Waals surface area contributed by atoms with Crippen molar-refractivity contribution in [1.29, 1.82) is 0 Å². The fourth-order valence-electron chi connectivity index (χ4n) is 6.97. The van der Waals surface area contributed by atoms with Crippen LogP contribution in [0.15, 0.2) is 133 Å². The molecule has 0 radical (unpaired) electrons. The third kappa shape index (κ3) is 7.93. The van der Waals surface area contributed by atoms with Crippen molar-refractivity contribution in [2.24, 2.45) is 5.92 Å². The van der Waals surface area contributed by atoms with Crippen LogP contribution in [0.25, 0.3) is 0 Å². The van der Waals surface area contributed by atoms with E-state index in [1.54, 1.807) is 0 Å². The van der Waals surface area contributed by atoms with Crippen LogP contribution in [0.4, 0.5) is 0 Å². The number of rotatable bonds is 14. The van der Waals surface area contributed by atoms with Gasteiger partial charge in [-0.25, -0.2) is 0 Å². The first-order chi connectivity index (χ1) is 24.1. The lowest BCUT2D eigenvalue weighted by atomic mass is 9.69. The van der Waals surface area contributed by atoms with E-state index in [4.69, 9.17) is 35.3 Å². The molecule has 7 rings (SSSR count). The standard InChI is InChI=1S/C43H43ClO5/c1-2-45-37-21-18-31(19-22-37)26-36-27-35(20-23-39(36)44)40-42(47-29-33-14-8-4-9-15-33)41(46-28-32-12-6-3-7-13-32)38-24-25-43(38,49-40)48-30-34-16-10-5-11-17-34/h3-23,27,38,40-42H,2,24-26,28-30H2,1H3. The van der Waals surface area contributed by atoms with E-state index in [0.29, 0.717) is 37.9 Å². The minimum Gasteiger partial charge on any atom is -0.494 e. The van der Waals surface area contributed by atoms with Crippen molar-refractivity contribution in [1.82, 2.24) is 0 Å². The third-order valence-electron chi connectivity index (χ3n) is 9.64. The molecule has 5 aromatic rings. The molecule has 1 heterocycles. The highest BCUT2D eigenvalue weighted by atomic mass is 35.5. The van der Waals surface area contributed by atoms with Gasteiger partial charge in [-0.2, -0.15) is 0 Å². The third-order valence-corrected chi connectivity index (χ3v) is 10.0. The Morgan fingerprint density at radius 2 is 1.27 bits per heavy atom. The van der Waals surface area contributed by atoms with Gasteiger partial charge in [-0.15, -0.1) is 0 Å². The van der Waals surface area contributed by atoms with Gasteiger partial charge in [0.1, 0.15) is 18.0 Å². The Hall–Kier alpha value is -3.97. The van der Waals surface area contributed by atoms with E-state index in [-0.39, 0.29) is 18.1 Å². The van der Waals surface area contributed by atoms with Gasteiger partial charge in [0.05, 0.1) is 32.5 Å². The molecule has 0 N–H and O–H groups in total. The van der Waals surface area contributed by atoms with Crippen LogP contribution in [-0.4, -0.2) is 24.6 Å². The molecule has 2 aliphatic rings. The zero-order valence-electron chi connectivity index (χ0n) is 27.9. The molecule has 5 aromatic carbocycles. The predicted octanol–water partition coefficient (Wildman–Crippen LogP) is 9.89. The van der Waals surface area contributed by atoms with Crippen LogP contribution >= 0.6 is 11.6 Å². The molecule has 1 aliphatic carbocycles. The van der Waals surface area contributed by atoms with Crippen molar-refractivity contribution < 1.29 is 23.7 Å². The molecule has 1 saturated carbocycles. The van der Waals surface area contributed by atoms with Crippen LogP contribution in [0, 0.1) is 5.92 Å². The molecule has 0 aromatic heterocycles. The smallest absolute Gasteiger partial charge is 0.175 e. The van der Waals surface area contributed by atoms with E-state index in [1.807, 2.05) is 79.7 Å². The maximum atomic E-state index is 7.17. The molecule has 49 heavy (non-hydrogen) atoms. The lowest BCUT2D eigenvalue weighted by Gasteiger charge is -2.58. The van der Waals surface area contributed by atoms with Crippen molar-refractivity contribution in [2.45, 2.75) is 70.1 Å². The first kappa shape index (κ1) is 33.5. The van der Waals surface area contributed by atoms with Gasteiger partial charge >= 0.3 is 0 Å². The molecular formula is C43H43ClO5. The zero-order chi connectivity index (χ0) is 33.5. The Labute approximate surface area is 294 Å². The van der Waals surface area contributed by atoms with Gasteiger partial charge < -0.3 is 23.7 Å². The second-order valence-electron chi connectivity index (χ2n) is 12.9. The molecule has 5 nitrogen and oxygen atoms in total. The van der Waals surface area contributed by atoms with Crippen LogP contribution in [-0.2, 0) is 45.2 Å². The first-order valence-electron chi connectivity index (χ1n) is 17.3. The minimum atomic E-state index is -0.802. The van der Waals surface area contributed by atoms with E-state index in [0.717, 1.165) is 52.0 Å². The molecule has 2 fully saturated rings. The normalized spacial score (nSPS) is 23.0. The van der Waals surface area contributed by atoms with Crippen molar-refractivity contribution in [2.75, 3.05) is 6.61 Å². The van der Waals surface area contributed by atoms with Crippen molar-refractivity contribution in [3.8, 4) is 5.75 Å². The first-order valence-corrected chi connectivity index (χ1v) is 17.6. The summed E-state index contributed by atoms with van der Waals surface area (Å²) < 4.78 is 33.4. The molecule has 0 spiro atoms. The zero-order valence-corrected chi connectivity index (χ0v) is 28.6. The summed E-state index contributed by atoms with van der Waals surface area (Å²) in [5.41, 5.74) is 6.48. The topological polar surface area (TPSA) is 46.2 Å². The number of ether oxygens (including phenoxy) is 5. The summed E-state index contributed by atoms with van der Waals surface area (Å²) in [6.07, 6.45) is 1.28. The lowest BCUT2D eigenvalue weighted by Crippen LogP contribution is -2.65. The lowest BCUT2D eigenvalue weighted by molar-refractivity contribution is -0.400. The molecule has 5 unspecified atom stereocenters. The van der Waals surface area contributed by atoms with E-state index in [2.05, 4.69) is 60.7 Å². The molecular weight excluding hydrogens is 632 g/mol. The maximum Gasteiger partial charge on any atom is 0.175 e. The number of hydrogen-bond acceptors (Lipinski definition) is 5. The summed E-state index contributed by atoms with van der Waals surface area (Å²) in [5.74, 6) is 0.0636. The molecule has 0 bridgehead atoms. The van der Waals surface area contributed by atoms with E-state index in [9.17, 15) is 0 Å². The average Bonchev–Trinajstić information content (AvgIpc) is 3.13. The highest BCUT2D eigenvalue weighted by Crippen LogP contribution is 2.55. The van der Waals surface area contributed by atoms with E-state index < -0.39 is 11.9 Å². The van der Waals surface area contributed by atoms with Crippen LogP contribution < -0.4 is 4.74 Å². The number of fused-ring (bicyclic) bond motifs is 1. The van der Waals surface area contributed by atoms with Crippen molar-refractivity contribution >= 4 is 11.6 Å². The van der Waals surface area contributed by atoms with Crippen molar-refractivity contribution in [3.05, 3.63) is 172 Å². The van der Waals surface area contributed by atoms with Gasteiger partial charge in [-0.05, 0) is 71.3 Å². The summed E-state index contributed by atoms with van der Waals surface area (Å²) in [5, 5.41) is 0.712. The number of benzene rings is 5. The van der Waals surface area contributed by atoms with Gasteiger partial charge in [0.2, 0.25) is 0 Å². The molecule has 252 valence electrons. The van der Waals surface area contributed by atoms with Gasteiger partial charge in [0.25, 0.3) is 0 Å². The Morgan fingerprint density at radius 3 is 1.84 bits per heavy atom. The largest absolute Gasteiger partial charge is 0.494 e. The molecule has 6 heteroatoms. The minimum absolute atomic E-state index is 0.00701. The number of hydrogen-bond donors (Lipinski definition) is 0. The van der Waals surface area contributed by atoms with Crippen LogP contribution in [0.2, 0.25) is 5.02 Å². The highest BCUT2D eigenvalue weighted by Gasteiger charge is 2.62. The Balaban J connectivity index is 1.23. The molecule has 1 aliphatic heterocycles. The Bertz CT molecular complexity index is 1770. The highest BCUT2D eigenvalue weighted by molar-refractivity contribution is 6.31. The summed E-state index contributed by atoms with van der Waals surface area (Å²) in [7, 11) is 0. The predicted molar refractivity (Wildman–Crippen MR) is 192 cm³/mol. The SMILES string of the molecule is CCOc1ccc(Cc2cc(C3OC4(OCc5ccccc5)CCC4C(OCc4ccccc4)C3OCc3ccccc3)ccc2Cl)cc1. The monoisotopic (exact) mass is 674 g/mol. The van der Waals surface area contributed by atoms with Gasteiger partial charge in [-0.3, -0.25) is 0 Å². The molecule has 1 saturated heterocycles. The summed E-state index contributed by atoms with van der Waals surface area (Å²) in [6.45, 7) is 3.99. The Kier molecular flexibility index (Phi) is 10.8. The van der Waals surface area contributed by atoms with Gasteiger partial charge in [-0.1, -0.05) is 127 Å². The summed E-state index contributed by atoms with van der Waals surface area (Å²) in [6, 6.07) is 45.3. The summed E-state index contributed by atoms with van der Waals surface area (Å²) in [4.78, 5) is 0. The maximum absolute atomic E-state index is 7.17. The van der Waals surface area contributed by atoms with Gasteiger partial charge in [0, 0.05) is 17.4 Å². The fraction of sp³-hybridized carbons (Fsp3) is 0.302. The Morgan fingerprint density at radius 1 is 0.673 bits per heavy atom. The molecule has 0 amide bonds. The molecule has 5 atom stereocenters. The van der Waals surface area contributed by atoms with Crippen molar-refractivity contribution in [3.63, 3.8) is 0 Å².